The number of hydrogen-bond donors (Lipinski definition) is 0. The van der Waals surface area contributed by atoms with Gasteiger partial charge in [-0.3, -0.25) is 14.6 Å². The van der Waals surface area contributed by atoms with Crippen LogP contribution in [0.3, 0.4) is 0 Å². The van der Waals surface area contributed by atoms with E-state index in [4.69, 9.17) is 16.3 Å². The smallest absolute Gasteiger partial charge is 0.306 e. The maximum Gasteiger partial charge on any atom is 0.306 e. The number of rotatable bonds is 5. The summed E-state index contributed by atoms with van der Waals surface area (Å²) in [5.74, 6) is -0.637. The minimum absolute atomic E-state index is 0.0551. The van der Waals surface area contributed by atoms with Gasteiger partial charge in [0.25, 0.3) is 0 Å². The number of carbonyl (C=O) groups excluding carboxylic acids is 2. The number of carbonyl (C=O) groups is 2. The molecule has 16 heavy (non-hydrogen) atoms. The highest BCUT2D eigenvalue weighted by Gasteiger charge is 2.13. The fourth-order valence-corrected chi connectivity index (χ4v) is 1.38. The standard InChI is InChI=1S/C11H12ClNO3/c1-2-16-10(15)6-5-9(14)11-8(12)4-3-7-13-11/h3-4,7H,2,5-6H2,1H3. The Morgan fingerprint density at radius 1 is 1.44 bits per heavy atom. The molecular weight excluding hydrogens is 230 g/mol. The topological polar surface area (TPSA) is 56.3 Å². The van der Waals surface area contributed by atoms with Gasteiger partial charge >= 0.3 is 5.97 Å². The molecule has 4 nitrogen and oxygen atoms in total. The van der Waals surface area contributed by atoms with Crippen molar-refractivity contribution in [3.63, 3.8) is 0 Å². The van der Waals surface area contributed by atoms with Crippen LogP contribution < -0.4 is 0 Å². The van der Waals surface area contributed by atoms with E-state index in [1.54, 1.807) is 19.1 Å². The van der Waals surface area contributed by atoms with Gasteiger partial charge < -0.3 is 4.74 Å². The number of ketones is 1. The fraction of sp³-hybridized carbons (Fsp3) is 0.364. The van der Waals surface area contributed by atoms with Gasteiger partial charge in [0.1, 0.15) is 5.69 Å². The Morgan fingerprint density at radius 3 is 2.81 bits per heavy atom. The van der Waals surface area contributed by atoms with Gasteiger partial charge in [-0.2, -0.15) is 0 Å². The third-order valence-corrected chi connectivity index (χ3v) is 2.19. The van der Waals surface area contributed by atoms with Crippen LogP contribution >= 0.6 is 11.6 Å². The largest absolute Gasteiger partial charge is 0.466 e. The van der Waals surface area contributed by atoms with E-state index in [2.05, 4.69) is 4.98 Å². The average molecular weight is 242 g/mol. The molecule has 0 fully saturated rings. The lowest BCUT2D eigenvalue weighted by Crippen LogP contribution is -2.09. The molecule has 1 aromatic rings. The molecule has 0 N–H and O–H groups in total. The van der Waals surface area contributed by atoms with E-state index in [0.29, 0.717) is 11.6 Å². The summed E-state index contributed by atoms with van der Waals surface area (Å²) >= 11 is 5.80. The summed E-state index contributed by atoms with van der Waals surface area (Å²) in [5.41, 5.74) is 0.202. The van der Waals surface area contributed by atoms with Crippen LogP contribution in [0.5, 0.6) is 0 Å². The Balaban J connectivity index is 2.54. The van der Waals surface area contributed by atoms with Gasteiger partial charge in [0, 0.05) is 12.6 Å². The molecule has 86 valence electrons. The normalized spacial score (nSPS) is 9.88. The zero-order valence-corrected chi connectivity index (χ0v) is 9.66. The van der Waals surface area contributed by atoms with E-state index < -0.39 is 0 Å². The minimum Gasteiger partial charge on any atom is -0.466 e. The molecular formula is C11H12ClNO3. The van der Waals surface area contributed by atoms with Gasteiger partial charge in [-0.15, -0.1) is 0 Å². The fourth-order valence-electron chi connectivity index (χ4n) is 1.16. The summed E-state index contributed by atoms with van der Waals surface area (Å²) in [6, 6.07) is 3.23. The van der Waals surface area contributed by atoms with E-state index in [1.165, 1.54) is 6.20 Å². The molecule has 0 amide bonds. The van der Waals surface area contributed by atoms with Gasteiger partial charge in [0.05, 0.1) is 18.1 Å². The van der Waals surface area contributed by atoms with Gasteiger partial charge in [-0.1, -0.05) is 11.6 Å². The average Bonchev–Trinajstić information content (AvgIpc) is 2.27. The first-order valence-electron chi connectivity index (χ1n) is 4.94. The van der Waals surface area contributed by atoms with Gasteiger partial charge in [-0.25, -0.2) is 0 Å². The van der Waals surface area contributed by atoms with Crippen LogP contribution in [0, 0.1) is 0 Å². The second-order valence-corrected chi connectivity index (χ2v) is 3.47. The van der Waals surface area contributed by atoms with Crippen LogP contribution in [0.4, 0.5) is 0 Å². The predicted octanol–water partition coefficient (Wildman–Crippen LogP) is 2.26. The molecule has 1 aromatic heterocycles. The Labute approximate surface area is 98.6 Å². The zero-order chi connectivity index (χ0) is 12.0. The maximum absolute atomic E-state index is 11.6. The van der Waals surface area contributed by atoms with Crippen LogP contribution in [0.2, 0.25) is 5.02 Å². The zero-order valence-electron chi connectivity index (χ0n) is 8.90. The highest BCUT2D eigenvalue weighted by atomic mass is 35.5. The third-order valence-electron chi connectivity index (χ3n) is 1.88. The molecule has 1 heterocycles. The highest BCUT2D eigenvalue weighted by Crippen LogP contribution is 2.14. The van der Waals surface area contributed by atoms with Crippen LogP contribution in [0.1, 0.15) is 30.3 Å². The lowest BCUT2D eigenvalue weighted by molar-refractivity contribution is -0.143. The van der Waals surface area contributed by atoms with E-state index in [1.807, 2.05) is 0 Å². The van der Waals surface area contributed by atoms with Crippen molar-refractivity contribution in [3.8, 4) is 0 Å². The minimum atomic E-state index is -0.386. The number of esters is 1. The quantitative estimate of drug-likeness (QED) is 0.586. The van der Waals surface area contributed by atoms with E-state index >= 15 is 0 Å². The Morgan fingerprint density at radius 2 is 2.19 bits per heavy atom. The molecule has 0 aromatic carbocycles. The van der Waals surface area contributed by atoms with E-state index in [9.17, 15) is 9.59 Å². The highest BCUT2D eigenvalue weighted by molar-refractivity contribution is 6.33. The lowest BCUT2D eigenvalue weighted by Gasteiger charge is -2.02. The van der Waals surface area contributed by atoms with Gasteiger partial charge in [0.2, 0.25) is 0 Å². The summed E-state index contributed by atoms with van der Waals surface area (Å²) in [6.07, 6.45) is 1.61. The molecule has 0 spiro atoms. The molecule has 0 unspecified atom stereocenters. The first-order valence-corrected chi connectivity index (χ1v) is 5.32. The molecule has 0 saturated heterocycles. The van der Waals surface area contributed by atoms with Crippen molar-refractivity contribution in [2.24, 2.45) is 0 Å². The van der Waals surface area contributed by atoms with E-state index in [-0.39, 0.29) is 30.3 Å². The van der Waals surface area contributed by atoms with Gasteiger partial charge in [-0.05, 0) is 19.1 Å². The SMILES string of the molecule is CCOC(=O)CCC(=O)c1ncccc1Cl. The molecule has 0 atom stereocenters. The Hall–Kier alpha value is -1.42. The van der Waals surface area contributed by atoms with Crippen molar-refractivity contribution >= 4 is 23.4 Å². The van der Waals surface area contributed by atoms with Crippen molar-refractivity contribution in [1.29, 1.82) is 0 Å². The van der Waals surface area contributed by atoms with Crippen molar-refractivity contribution in [3.05, 3.63) is 29.0 Å². The molecule has 5 heteroatoms. The molecule has 0 aliphatic rings. The van der Waals surface area contributed by atoms with Crippen molar-refractivity contribution < 1.29 is 14.3 Å². The van der Waals surface area contributed by atoms with Crippen LogP contribution in [0.25, 0.3) is 0 Å². The molecule has 0 aliphatic heterocycles. The molecule has 1 rings (SSSR count). The summed E-state index contributed by atoms with van der Waals surface area (Å²) in [5, 5.41) is 0.302. The van der Waals surface area contributed by atoms with Crippen molar-refractivity contribution in [2.75, 3.05) is 6.61 Å². The number of ether oxygens (including phenoxy) is 1. The van der Waals surface area contributed by atoms with Crippen LogP contribution in [-0.2, 0) is 9.53 Å². The first-order chi connectivity index (χ1) is 7.65. The number of aromatic nitrogens is 1. The second-order valence-electron chi connectivity index (χ2n) is 3.06. The number of halogens is 1. The number of Topliss-reactive ketones (excluding diaryl/α,β-unsaturated/α-hetero) is 1. The van der Waals surface area contributed by atoms with Crippen LogP contribution in [0.15, 0.2) is 18.3 Å². The summed E-state index contributed by atoms with van der Waals surface area (Å²) in [4.78, 5) is 26.5. The predicted molar refractivity (Wildman–Crippen MR) is 59.4 cm³/mol. The molecule has 0 aliphatic carbocycles. The van der Waals surface area contributed by atoms with Crippen molar-refractivity contribution in [1.82, 2.24) is 4.98 Å². The monoisotopic (exact) mass is 241 g/mol. The Kier molecular flexibility index (Phi) is 4.92. The number of hydrogen-bond acceptors (Lipinski definition) is 4. The third kappa shape index (κ3) is 3.62. The van der Waals surface area contributed by atoms with Gasteiger partial charge in [0.15, 0.2) is 5.78 Å². The summed E-state index contributed by atoms with van der Waals surface area (Å²) < 4.78 is 4.71. The molecule has 0 bridgehead atoms. The van der Waals surface area contributed by atoms with Crippen LogP contribution in [-0.4, -0.2) is 23.3 Å². The van der Waals surface area contributed by atoms with E-state index in [0.717, 1.165) is 0 Å². The first kappa shape index (κ1) is 12.6. The number of nitrogens with zero attached hydrogens (tertiary/aromatic N) is 1. The maximum atomic E-state index is 11.6. The molecule has 0 saturated carbocycles. The summed E-state index contributed by atoms with van der Waals surface area (Å²) in [6.45, 7) is 2.03. The Bertz CT molecular complexity index is 393. The second kappa shape index (κ2) is 6.23. The lowest BCUT2D eigenvalue weighted by atomic mass is 10.1. The molecule has 0 radical (unpaired) electrons. The van der Waals surface area contributed by atoms with Crippen molar-refractivity contribution in [2.45, 2.75) is 19.8 Å². The number of pyridine rings is 1. The summed E-state index contributed by atoms with van der Waals surface area (Å²) in [7, 11) is 0.